The first-order chi connectivity index (χ1) is 18.5. The number of halogens is 1. The van der Waals surface area contributed by atoms with E-state index in [0.29, 0.717) is 6.07 Å². The van der Waals surface area contributed by atoms with E-state index in [9.17, 15) is 46.6 Å². The first kappa shape index (κ1) is 35.6. The van der Waals surface area contributed by atoms with Gasteiger partial charge in [-0.2, -0.15) is 24.1 Å². The number of rotatable bonds is 7. The molecule has 6 N–H and O–H groups in total. The number of non-ortho nitro benzene ring substituents is 1. The van der Waals surface area contributed by atoms with Crippen LogP contribution < -0.4 is 75.3 Å². The Labute approximate surface area is 285 Å². The van der Waals surface area contributed by atoms with Gasteiger partial charge in [-0.15, -0.1) is 10.2 Å². The Bertz CT molecular complexity index is 1890. The minimum atomic E-state index is -5.24. The molecule has 0 unspecified atom stereocenters. The molecule has 0 spiro atoms. The van der Waals surface area contributed by atoms with Crippen LogP contribution in [-0.2, 0) is 24.8 Å². The number of phenolic OH excluding ortho intramolecular Hbond substituents is 1. The van der Waals surface area contributed by atoms with Crippen molar-refractivity contribution < 1.29 is 101 Å². The molecule has 42 heavy (non-hydrogen) atoms. The van der Waals surface area contributed by atoms with Crippen molar-refractivity contribution in [3.8, 4) is 11.5 Å². The Morgan fingerprint density at radius 1 is 1.02 bits per heavy atom. The van der Waals surface area contributed by atoms with E-state index < -0.39 is 69.3 Å². The number of aromatic nitrogens is 3. The first-order valence-electron chi connectivity index (χ1n) is 10.1. The molecule has 3 aromatic carbocycles. The molecule has 18 nitrogen and oxygen atoms in total. The van der Waals surface area contributed by atoms with Crippen molar-refractivity contribution in [2.45, 2.75) is 9.79 Å². The zero-order valence-corrected chi connectivity index (χ0v) is 27.5. The molecule has 0 aliphatic rings. The topological polar surface area (TPSA) is 303 Å². The predicted octanol–water partition coefficient (Wildman–Crippen LogP) is -3.18. The minimum absolute atomic E-state index is 0. The number of benzene rings is 3. The molecule has 0 aliphatic heterocycles. The number of phenols is 1. The number of hydrogen-bond donors (Lipinski definition) is 5. The Hall–Kier alpha value is -2.60. The van der Waals surface area contributed by atoms with Gasteiger partial charge in [0.1, 0.15) is 27.2 Å². The molecule has 0 saturated carbocycles. The number of nitrogens with one attached hydrogen (secondary N) is 1. The van der Waals surface area contributed by atoms with Crippen LogP contribution in [0.5, 0.6) is 11.5 Å². The van der Waals surface area contributed by atoms with E-state index >= 15 is 0 Å². The van der Waals surface area contributed by atoms with Crippen LogP contribution in [0.4, 0.5) is 34.6 Å². The summed E-state index contributed by atoms with van der Waals surface area (Å²) in [6.45, 7) is 0. The van der Waals surface area contributed by atoms with Gasteiger partial charge in [0.25, 0.3) is 10.6 Å². The summed E-state index contributed by atoms with van der Waals surface area (Å²) in [6, 6.07) is 4.77. The van der Waals surface area contributed by atoms with E-state index in [2.05, 4.69) is 30.5 Å². The number of fused-ring (bicyclic) bond motifs is 1. The number of aromatic hydroxyl groups is 1. The fourth-order valence-corrected chi connectivity index (χ4v) is 4.92. The second kappa shape index (κ2) is 13.4. The van der Waals surface area contributed by atoms with Crippen molar-refractivity contribution in [3.63, 3.8) is 0 Å². The Morgan fingerprint density at radius 2 is 1.67 bits per heavy atom. The van der Waals surface area contributed by atoms with Gasteiger partial charge in [-0.05, 0) is 27.9 Å². The zero-order chi connectivity index (χ0) is 29.6. The van der Waals surface area contributed by atoms with Crippen LogP contribution in [-0.4, -0.2) is 47.1 Å². The third-order valence-electron chi connectivity index (χ3n) is 4.97. The van der Waals surface area contributed by atoms with Crippen LogP contribution in [0.1, 0.15) is 0 Å². The molecule has 0 aliphatic carbocycles. The van der Waals surface area contributed by atoms with Crippen molar-refractivity contribution in [2.24, 2.45) is 10.2 Å². The summed E-state index contributed by atoms with van der Waals surface area (Å²) < 4.78 is 67.0. The largest absolute Gasteiger partial charge is 1.00 e. The predicted molar refractivity (Wildman–Crippen MR) is 134 cm³/mol. The maximum absolute atomic E-state index is 12.8. The molecule has 23 heteroatoms. The van der Waals surface area contributed by atoms with Crippen molar-refractivity contribution in [3.05, 3.63) is 51.8 Å². The Balaban J connectivity index is 0.00000308. The molecule has 208 valence electrons. The number of nitrogens with zero attached hydrogens (tertiary/aromatic N) is 6. The monoisotopic (exact) mass is 657 g/mol. The van der Waals surface area contributed by atoms with Crippen LogP contribution in [0.3, 0.4) is 0 Å². The summed E-state index contributed by atoms with van der Waals surface area (Å²) in [6.07, 6.45) is 0. The van der Waals surface area contributed by atoms with Crippen molar-refractivity contribution >= 4 is 77.6 Å². The van der Waals surface area contributed by atoms with Gasteiger partial charge in [0.05, 0.1) is 9.82 Å². The SMILES string of the molecule is Nc1nc(Cl)nc(Nc2cc([O-])c(N=Nc3c(O)cc(S(=O)(=O)[O-])c4cc([N+](=O)[O-])ccc34)c([S+](=O)(O)O)c2)n1.[Na+].[Na+]. The summed E-state index contributed by atoms with van der Waals surface area (Å²) in [7, 11) is -10.1. The standard InChI is InChI=1S/C19H13ClN8O10S2.2Na/c20-17-23-18(21)25-19(24-17)22-7-3-11(29)16(14(4-7)40(36,37)38)27-26-15-9-2-1-8(28(31)32)5-10(9)13(6-12(15)30)39(33,34)35;;/h1-6H,(H7-,21,22,23,24,25,26,27,29,30,33,34,35,36,37,38);;/q;2*+1/p-1. The number of anilines is 3. The molecule has 0 atom stereocenters. The van der Waals surface area contributed by atoms with E-state index in [1.807, 2.05) is 0 Å². The Kier molecular flexibility index (Phi) is 11.3. The van der Waals surface area contributed by atoms with Crippen LogP contribution in [0.2, 0.25) is 5.28 Å². The quantitative estimate of drug-likeness (QED) is 0.0327. The van der Waals surface area contributed by atoms with Gasteiger partial charge in [-0.25, -0.2) is 8.42 Å². The number of nitrogen functional groups attached to an aromatic ring is 1. The van der Waals surface area contributed by atoms with Crippen LogP contribution in [0, 0.1) is 10.1 Å². The van der Waals surface area contributed by atoms with Gasteiger partial charge in [-0.3, -0.25) is 10.1 Å². The number of nitro groups is 1. The average molecular weight is 658 g/mol. The molecule has 0 fully saturated rings. The fraction of sp³-hybridized carbons (Fsp3) is 0. The summed E-state index contributed by atoms with van der Waals surface area (Å²) in [5.41, 5.74) is 3.19. The fourth-order valence-electron chi connectivity index (χ4n) is 3.38. The second-order valence-corrected chi connectivity index (χ2v) is 10.7. The van der Waals surface area contributed by atoms with Gasteiger partial charge in [0, 0.05) is 40.7 Å². The molecular formula is C19H12ClN8Na2O10S2+. The average Bonchev–Trinajstić information content (AvgIpc) is 2.81. The summed E-state index contributed by atoms with van der Waals surface area (Å²) in [5.74, 6) is -2.59. The third kappa shape index (κ3) is 7.86. The summed E-state index contributed by atoms with van der Waals surface area (Å²) >= 11 is 5.69. The van der Waals surface area contributed by atoms with Gasteiger partial charge in [0.15, 0.2) is 0 Å². The molecular weight excluding hydrogens is 646 g/mol. The van der Waals surface area contributed by atoms with E-state index in [1.54, 1.807) is 0 Å². The van der Waals surface area contributed by atoms with E-state index in [4.69, 9.17) is 17.3 Å². The summed E-state index contributed by atoms with van der Waals surface area (Å²) in [4.78, 5) is 19.3. The van der Waals surface area contributed by atoms with Crippen LogP contribution >= 0.6 is 11.6 Å². The normalized spacial score (nSPS) is 11.6. The van der Waals surface area contributed by atoms with Crippen LogP contribution in [0.15, 0.2) is 56.4 Å². The van der Waals surface area contributed by atoms with E-state index in [-0.39, 0.29) is 87.4 Å². The zero-order valence-electron chi connectivity index (χ0n) is 21.1. The minimum Gasteiger partial charge on any atom is -0.871 e. The third-order valence-corrected chi connectivity index (χ3v) is 6.90. The smallest absolute Gasteiger partial charge is 0.871 e. The number of hydrogen-bond acceptors (Lipinski definition) is 15. The molecule has 0 bridgehead atoms. The number of nitrogens with two attached hydrogens (primary N) is 1. The van der Waals surface area contributed by atoms with Gasteiger partial charge >= 0.3 is 69.6 Å². The van der Waals surface area contributed by atoms with E-state index in [1.165, 1.54) is 0 Å². The molecule has 4 rings (SSSR count). The molecule has 0 saturated heterocycles. The molecule has 0 amide bonds. The van der Waals surface area contributed by atoms with Gasteiger partial charge in [0.2, 0.25) is 17.2 Å². The maximum atomic E-state index is 12.8. The first-order valence-corrected chi connectivity index (χ1v) is 13.4. The summed E-state index contributed by atoms with van der Waals surface area (Å²) in [5, 5.41) is 42.9. The number of azo groups is 1. The molecule has 0 radical (unpaired) electrons. The second-order valence-electron chi connectivity index (χ2n) is 7.61. The maximum Gasteiger partial charge on any atom is 1.00 e. The van der Waals surface area contributed by atoms with Crippen LogP contribution in [0.25, 0.3) is 10.8 Å². The van der Waals surface area contributed by atoms with E-state index in [0.717, 1.165) is 30.3 Å². The Morgan fingerprint density at radius 3 is 2.24 bits per heavy atom. The number of nitro benzene ring substituents is 1. The van der Waals surface area contributed by atoms with Crippen molar-refractivity contribution in [2.75, 3.05) is 11.1 Å². The van der Waals surface area contributed by atoms with Gasteiger partial charge in [-0.1, -0.05) is 5.75 Å². The van der Waals surface area contributed by atoms with Crippen molar-refractivity contribution in [1.82, 2.24) is 15.0 Å². The molecule has 4 aromatic rings. The molecule has 1 aromatic heterocycles. The molecule has 1 heterocycles. The van der Waals surface area contributed by atoms with Crippen molar-refractivity contribution in [1.29, 1.82) is 0 Å². The van der Waals surface area contributed by atoms with Gasteiger partial charge < -0.3 is 25.8 Å².